The van der Waals surface area contributed by atoms with Gasteiger partial charge in [0.1, 0.15) is 11.5 Å². The first kappa shape index (κ1) is 11.9. The molecule has 1 fully saturated rings. The molecule has 1 saturated carbocycles. The summed E-state index contributed by atoms with van der Waals surface area (Å²) in [6, 6.07) is 0. The fourth-order valence-corrected chi connectivity index (χ4v) is 3.65. The second-order valence-corrected chi connectivity index (χ2v) is 6.24. The fourth-order valence-electron chi connectivity index (χ4n) is 3.30. The first-order valence-corrected chi connectivity index (χ1v) is 7.51. The van der Waals surface area contributed by atoms with Crippen molar-refractivity contribution in [2.24, 2.45) is 5.73 Å². The van der Waals surface area contributed by atoms with E-state index in [4.69, 9.17) is 26.8 Å². The number of nitrogens with two attached hydrogens (primary N) is 1. The summed E-state index contributed by atoms with van der Waals surface area (Å²) in [5.74, 6) is 1.85. The molecule has 3 aliphatic rings. The lowest BCUT2D eigenvalue weighted by atomic mass is 9.88. The van der Waals surface area contributed by atoms with Crippen LogP contribution in [-0.4, -0.2) is 13.2 Å². The summed E-state index contributed by atoms with van der Waals surface area (Å²) < 4.78 is 11.8. The van der Waals surface area contributed by atoms with Crippen LogP contribution in [0.4, 0.5) is 0 Å². The van der Waals surface area contributed by atoms with Gasteiger partial charge in [0.15, 0.2) is 0 Å². The third-order valence-electron chi connectivity index (χ3n) is 4.46. The molecule has 0 unspecified atom stereocenters. The average Bonchev–Trinajstić information content (AvgIpc) is 3.18. The van der Waals surface area contributed by atoms with Crippen LogP contribution in [0.1, 0.15) is 42.4 Å². The molecule has 102 valence electrons. The maximum atomic E-state index is 6.54. The molecule has 1 aromatic carbocycles. The van der Waals surface area contributed by atoms with E-state index in [2.05, 4.69) is 0 Å². The Morgan fingerprint density at radius 1 is 0.947 bits per heavy atom. The zero-order chi connectivity index (χ0) is 13.0. The van der Waals surface area contributed by atoms with Crippen molar-refractivity contribution in [1.82, 2.24) is 0 Å². The summed E-state index contributed by atoms with van der Waals surface area (Å²) in [6.07, 6.45) is 6.09. The number of hydrogen-bond acceptors (Lipinski definition) is 3. The largest absolute Gasteiger partial charge is 0.493 e. The summed E-state index contributed by atoms with van der Waals surface area (Å²) in [7, 11) is 0. The van der Waals surface area contributed by atoms with Gasteiger partial charge in [0.25, 0.3) is 0 Å². The lowest BCUT2D eigenvalue weighted by Gasteiger charge is -2.31. The molecule has 0 aromatic heterocycles. The second-order valence-electron chi connectivity index (χ2n) is 5.86. The predicted molar refractivity (Wildman–Crippen MR) is 74.2 cm³/mol. The topological polar surface area (TPSA) is 44.5 Å². The van der Waals surface area contributed by atoms with E-state index in [9.17, 15) is 0 Å². The van der Waals surface area contributed by atoms with Crippen molar-refractivity contribution in [1.29, 1.82) is 0 Å². The normalized spacial score (nSPS) is 22.8. The van der Waals surface area contributed by atoms with Crippen molar-refractivity contribution in [3.8, 4) is 11.5 Å². The van der Waals surface area contributed by atoms with Gasteiger partial charge >= 0.3 is 0 Å². The molecule has 4 heteroatoms. The number of halogens is 1. The smallest absolute Gasteiger partial charge is 0.141 e. The van der Waals surface area contributed by atoms with Gasteiger partial charge in [-0.25, -0.2) is 0 Å². The van der Waals surface area contributed by atoms with E-state index in [-0.39, 0.29) is 5.54 Å². The maximum Gasteiger partial charge on any atom is 0.141 e. The number of hydrogen-bond donors (Lipinski definition) is 1. The van der Waals surface area contributed by atoms with E-state index in [0.29, 0.717) is 0 Å². The van der Waals surface area contributed by atoms with E-state index >= 15 is 0 Å². The minimum Gasteiger partial charge on any atom is -0.493 e. The molecule has 2 aliphatic heterocycles. The summed E-state index contributed by atoms with van der Waals surface area (Å²) in [5.41, 5.74) is 9.80. The summed E-state index contributed by atoms with van der Waals surface area (Å²) >= 11 is 6.54. The quantitative estimate of drug-likeness (QED) is 0.860. The van der Waals surface area contributed by atoms with Crippen LogP contribution in [-0.2, 0) is 18.4 Å². The molecular formula is C15H18ClNO2. The highest BCUT2D eigenvalue weighted by Crippen LogP contribution is 2.55. The molecule has 2 N–H and O–H groups in total. The molecule has 0 amide bonds. The number of benzene rings is 1. The van der Waals surface area contributed by atoms with Crippen LogP contribution in [0.5, 0.6) is 11.5 Å². The number of ether oxygens (including phenoxy) is 2. The zero-order valence-electron chi connectivity index (χ0n) is 10.9. The fraction of sp³-hybridized carbons (Fsp3) is 0.600. The van der Waals surface area contributed by atoms with Gasteiger partial charge in [0, 0.05) is 22.2 Å². The van der Waals surface area contributed by atoms with E-state index < -0.39 is 0 Å². The van der Waals surface area contributed by atoms with Gasteiger partial charge in [-0.05, 0) is 38.5 Å². The summed E-state index contributed by atoms with van der Waals surface area (Å²) in [5, 5.41) is 0.761. The molecule has 0 saturated heterocycles. The molecule has 4 rings (SSSR count). The van der Waals surface area contributed by atoms with Crippen molar-refractivity contribution in [3.05, 3.63) is 21.7 Å². The third-order valence-corrected chi connectivity index (χ3v) is 4.86. The number of fused-ring (bicyclic) bond motifs is 2. The van der Waals surface area contributed by atoms with Crippen LogP contribution in [0.3, 0.4) is 0 Å². The molecule has 0 bridgehead atoms. The van der Waals surface area contributed by atoms with Gasteiger partial charge < -0.3 is 15.2 Å². The van der Waals surface area contributed by atoms with E-state index in [1.807, 2.05) is 0 Å². The van der Waals surface area contributed by atoms with E-state index in [0.717, 1.165) is 73.8 Å². The molecule has 0 atom stereocenters. The minimum atomic E-state index is -0.198. The van der Waals surface area contributed by atoms with Gasteiger partial charge in [-0.15, -0.1) is 0 Å². The molecular weight excluding hydrogens is 262 g/mol. The van der Waals surface area contributed by atoms with Crippen LogP contribution >= 0.6 is 11.6 Å². The van der Waals surface area contributed by atoms with Gasteiger partial charge in [0.05, 0.1) is 18.2 Å². The number of rotatable bonds is 1. The van der Waals surface area contributed by atoms with Crippen molar-refractivity contribution < 1.29 is 9.47 Å². The van der Waals surface area contributed by atoms with Gasteiger partial charge in [-0.1, -0.05) is 11.6 Å². The SMILES string of the molecule is NC1(c2c3c(c(Cl)c4c2OCCC4)OCCC3)CC1. The lowest BCUT2D eigenvalue weighted by Crippen LogP contribution is -2.26. The first-order chi connectivity index (χ1) is 9.21. The standard InChI is InChI=1S/C15H18ClNO2/c16-12-10-4-2-7-18-13(10)11(15(17)5-6-15)9-3-1-8-19-14(9)12/h1-8,17H2. The molecule has 1 aliphatic carbocycles. The molecule has 3 nitrogen and oxygen atoms in total. The lowest BCUT2D eigenvalue weighted by molar-refractivity contribution is 0.267. The maximum absolute atomic E-state index is 6.54. The highest BCUT2D eigenvalue weighted by atomic mass is 35.5. The Bertz CT molecular complexity index is 515. The Morgan fingerprint density at radius 2 is 1.58 bits per heavy atom. The Kier molecular flexibility index (Phi) is 2.52. The minimum absolute atomic E-state index is 0.198. The van der Waals surface area contributed by atoms with Crippen LogP contribution in [0.25, 0.3) is 0 Å². The molecule has 1 aromatic rings. The second kappa shape index (κ2) is 4.03. The Labute approximate surface area is 118 Å². The van der Waals surface area contributed by atoms with Crippen molar-refractivity contribution >= 4 is 11.6 Å². The van der Waals surface area contributed by atoms with Crippen LogP contribution in [0.15, 0.2) is 0 Å². The van der Waals surface area contributed by atoms with E-state index in [1.54, 1.807) is 0 Å². The van der Waals surface area contributed by atoms with Crippen molar-refractivity contribution in [2.45, 2.75) is 44.1 Å². The summed E-state index contributed by atoms with van der Waals surface area (Å²) in [6.45, 7) is 1.52. The van der Waals surface area contributed by atoms with Gasteiger partial charge in [-0.2, -0.15) is 0 Å². The zero-order valence-corrected chi connectivity index (χ0v) is 11.7. The van der Waals surface area contributed by atoms with E-state index in [1.165, 1.54) is 11.1 Å². The third kappa shape index (κ3) is 1.68. The molecule has 0 spiro atoms. The highest BCUT2D eigenvalue weighted by Gasteiger charge is 2.46. The van der Waals surface area contributed by atoms with Gasteiger partial charge in [0.2, 0.25) is 0 Å². The highest BCUT2D eigenvalue weighted by molar-refractivity contribution is 6.33. The monoisotopic (exact) mass is 279 g/mol. The van der Waals surface area contributed by atoms with Crippen molar-refractivity contribution in [3.63, 3.8) is 0 Å². The van der Waals surface area contributed by atoms with Crippen LogP contribution in [0, 0.1) is 0 Å². The van der Waals surface area contributed by atoms with Crippen LogP contribution < -0.4 is 15.2 Å². The van der Waals surface area contributed by atoms with Crippen molar-refractivity contribution in [2.75, 3.05) is 13.2 Å². The Hall–Kier alpha value is -0.930. The summed E-state index contributed by atoms with van der Waals surface area (Å²) in [4.78, 5) is 0. The van der Waals surface area contributed by atoms with Crippen LogP contribution in [0.2, 0.25) is 5.02 Å². The predicted octanol–water partition coefficient (Wildman–Crippen LogP) is 2.94. The molecule has 19 heavy (non-hydrogen) atoms. The van der Waals surface area contributed by atoms with Gasteiger partial charge in [-0.3, -0.25) is 0 Å². The first-order valence-electron chi connectivity index (χ1n) is 7.13. The molecule has 2 heterocycles. The Morgan fingerprint density at radius 3 is 2.26 bits per heavy atom. The Balaban J connectivity index is 2.01. The molecule has 0 radical (unpaired) electrons. The average molecular weight is 280 g/mol.